The summed E-state index contributed by atoms with van der Waals surface area (Å²) >= 11 is 0. The summed E-state index contributed by atoms with van der Waals surface area (Å²) in [5, 5.41) is 3.11. The second-order valence-corrected chi connectivity index (χ2v) is 7.00. The van der Waals surface area contributed by atoms with Crippen LogP contribution in [-0.4, -0.2) is 30.1 Å². The number of amides is 2. The molecule has 1 aliphatic carbocycles. The zero-order chi connectivity index (χ0) is 17.2. The molecule has 1 N–H and O–H groups in total. The molecule has 2 unspecified atom stereocenters. The first-order chi connectivity index (χ1) is 12.2. The molecule has 1 saturated carbocycles. The van der Waals surface area contributed by atoms with Gasteiger partial charge in [-0.25, -0.2) is 4.79 Å². The number of rotatable bonds is 5. The van der Waals surface area contributed by atoms with Crippen LogP contribution < -0.4 is 10.1 Å². The molecule has 25 heavy (non-hydrogen) atoms. The number of para-hydroxylation sites is 1. The van der Waals surface area contributed by atoms with Gasteiger partial charge in [0.15, 0.2) is 0 Å². The fourth-order valence-corrected chi connectivity index (χ4v) is 3.52. The number of furan rings is 1. The highest BCUT2D eigenvalue weighted by Gasteiger charge is 2.37. The zero-order valence-corrected chi connectivity index (χ0v) is 14.5. The van der Waals surface area contributed by atoms with Crippen molar-refractivity contribution < 1.29 is 13.9 Å². The van der Waals surface area contributed by atoms with Crippen LogP contribution in [0.3, 0.4) is 0 Å². The molecule has 2 aromatic rings. The van der Waals surface area contributed by atoms with Gasteiger partial charge >= 0.3 is 6.03 Å². The van der Waals surface area contributed by atoms with Gasteiger partial charge in [0.1, 0.15) is 11.5 Å². The fourth-order valence-electron chi connectivity index (χ4n) is 3.52. The second-order valence-electron chi connectivity index (χ2n) is 7.00. The van der Waals surface area contributed by atoms with E-state index in [1.165, 1.54) is 5.56 Å². The van der Waals surface area contributed by atoms with Gasteiger partial charge < -0.3 is 19.4 Å². The van der Waals surface area contributed by atoms with Crippen LogP contribution in [0.4, 0.5) is 4.79 Å². The van der Waals surface area contributed by atoms with Gasteiger partial charge in [0.05, 0.1) is 18.9 Å². The van der Waals surface area contributed by atoms with Gasteiger partial charge in [-0.1, -0.05) is 18.2 Å². The van der Waals surface area contributed by atoms with Crippen molar-refractivity contribution in [2.75, 3.05) is 13.2 Å². The van der Waals surface area contributed by atoms with Crippen molar-refractivity contribution in [2.24, 2.45) is 5.92 Å². The van der Waals surface area contributed by atoms with Crippen LogP contribution in [0.25, 0.3) is 0 Å². The Bertz CT molecular complexity index is 724. The monoisotopic (exact) mass is 340 g/mol. The lowest BCUT2D eigenvalue weighted by Gasteiger charge is -2.30. The highest BCUT2D eigenvalue weighted by Crippen LogP contribution is 2.34. The lowest BCUT2D eigenvalue weighted by atomic mass is 9.97. The lowest BCUT2D eigenvalue weighted by molar-refractivity contribution is 0.160. The summed E-state index contributed by atoms with van der Waals surface area (Å²) in [6.45, 7) is 3.30. The van der Waals surface area contributed by atoms with Crippen LogP contribution in [0.2, 0.25) is 0 Å². The predicted octanol–water partition coefficient (Wildman–Crippen LogP) is 3.77. The van der Waals surface area contributed by atoms with E-state index in [2.05, 4.69) is 11.4 Å². The van der Waals surface area contributed by atoms with Gasteiger partial charge in [0.25, 0.3) is 0 Å². The molecule has 5 heteroatoms. The Morgan fingerprint density at radius 2 is 2.12 bits per heavy atom. The van der Waals surface area contributed by atoms with Gasteiger partial charge in [0.2, 0.25) is 0 Å². The molecule has 0 spiro atoms. The molecular weight excluding hydrogens is 316 g/mol. The summed E-state index contributed by atoms with van der Waals surface area (Å²) in [5.41, 5.74) is 1.22. The number of urea groups is 1. The first kappa shape index (κ1) is 16.1. The summed E-state index contributed by atoms with van der Waals surface area (Å²) in [4.78, 5) is 14.7. The molecule has 2 amide bonds. The molecule has 2 aliphatic rings. The fraction of sp³-hybridized carbons (Fsp3) is 0.450. The minimum absolute atomic E-state index is 0.00902. The Morgan fingerprint density at radius 3 is 2.88 bits per heavy atom. The number of carbonyl (C=O) groups is 1. The van der Waals surface area contributed by atoms with Crippen molar-refractivity contribution in [1.82, 2.24) is 10.2 Å². The molecule has 0 radical (unpaired) electrons. The summed E-state index contributed by atoms with van der Waals surface area (Å²) in [6, 6.07) is 12.2. The SMILES string of the molecule is CC(c1ccco1)N(C(=O)NCC1COc2ccccc2C1)C1CC1. The van der Waals surface area contributed by atoms with Crippen LogP contribution in [-0.2, 0) is 6.42 Å². The van der Waals surface area contributed by atoms with E-state index in [-0.39, 0.29) is 12.1 Å². The Labute approximate surface area is 148 Å². The van der Waals surface area contributed by atoms with Gasteiger partial charge in [0, 0.05) is 18.5 Å². The highest BCUT2D eigenvalue weighted by molar-refractivity contribution is 5.75. The molecule has 1 aromatic heterocycles. The van der Waals surface area contributed by atoms with Crippen molar-refractivity contribution in [3.8, 4) is 5.75 Å². The molecular formula is C20H24N2O3. The number of hydrogen-bond acceptors (Lipinski definition) is 3. The topological polar surface area (TPSA) is 54.7 Å². The average Bonchev–Trinajstić information content (AvgIpc) is 3.31. The molecule has 0 bridgehead atoms. The molecule has 5 nitrogen and oxygen atoms in total. The van der Waals surface area contributed by atoms with Gasteiger partial charge in [-0.05, 0) is 49.9 Å². The first-order valence-electron chi connectivity index (χ1n) is 9.02. The van der Waals surface area contributed by atoms with Crippen LogP contribution in [0, 0.1) is 5.92 Å². The van der Waals surface area contributed by atoms with E-state index >= 15 is 0 Å². The summed E-state index contributed by atoms with van der Waals surface area (Å²) in [5.74, 6) is 2.10. The second kappa shape index (κ2) is 6.82. The van der Waals surface area contributed by atoms with E-state index in [0.717, 1.165) is 30.8 Å². The van der Waals surface area contributed by atoms with Crippen LogP contribution in [0.5, 0.6) is 5.75 Å². The molecule has 1 fully saturated rings. The van der Waals surface area contributed by atoms with Crippen LogP contribution >= 0.6 is 0 Å². The van der Waals surface area contributed by atoms with Gasteiger partial charge in [-0.3, -0.25) is 0 Å². The largest absolute Gasteiger partial charge is 0.493 e. The minimum Gasteiger partial charge on any atom is -0.493 e. The van der Waals surface area contributed by atoms with E-state index in [9.17, 15) is 4.79 Å². The molecule has 0 saturated heterocycles. The standard InChI is InChI=1S/C20H24N2O3/c1-14(18-7-4-10-24-18)22(17-8-9-17)20(23)21-12-15-11-16-5-2-3-6-19(16)25-13-15/h2-7,10,14-15,17H,8-9,11-13H2,1H3,(H,21,23). The highest BCUT2D eigenvalue weighted by atomic mass is 16.5. The molecule has 1 aliphatic heterocycles. The van der Waals surface area contributed by atoms with Crippen molar-refractivity contribution in [1.29, 1.82) is 0 Å². The van der Waals surface area contributed by atoms with E-state index < -0.39 is 0 Å². The number of carbonyl (C=O) groups excluding carboxylic acids is 1. The molecule has 2 atom stereocenters. The van der Waals surface area contributed by atoms with E-state index in [4.69, 9.17) is 9.15 Å². The number of hydrogen-bond donors (Lipinski definition) is 1. The third kappa shape index (κ3) is 3.50. The summed E-state index contributed by atoms with van der Waals surface area (Å²) < 4.78 is 11.3. The normalized spacial score (nSPS) is 20.3. The molecule has 2 heterocycles. The van der Waals surface area contributed by atoms with E-state index in [1.54, 1.807) is 6.26 Å². The smallest absolute Gasteiger partial charge is 0.318 e. The maximum Gasteiger partial charge on any atom is 0.318 e. The van der Waals surface area contributed by atoms with Crippen LogP contribution in [0.1, 0.15) is 37.1 Å². The van der Waals surface area contributed by atoms with E-state index in [1.807, 2.05) is 42.2 Å². The predicted molar refractivity (Wildman–Crippen MR) is 94.5 cm³/mol. The minimum atomic E-state index is -0.0502. The summed E-state index contributed by atoms with van der Waals surface area (Å²) in [7, 11) is 0. The Balaban J connectivity index is 1.36. The average molecular weight is 340 g/mol. The van der Waals surface area contributed by atoms with E-state index in [0.29, 0.717) is 25.1 Å². The van der Waals surface area contributed by atoms with Gasteiger partial charge in [-0.2, -0.15) is 0 Å². The number of ether oxygens (including phenoxy) is 1. The Kier molecular flexibility index (Phi) is 4.38. The van der Waals surface area contributed by atoms with Crippen molar-refractivity contribution in [3.63, 3.8) is 0 Å². The Hall–Kier alpha value is -2.43. The molecule has 1 aromatic carbocycles. The molecule has 132 valence electrons. The number of nitrogens with one attached hydrogen (secondary N) is 1. The quantitative estimate of drug-likeness (QED) is 0.901. The number of benzene rings is 1. The van der Waals surface area contributed by atoms with Crippen molar-refractivity contribution in [3.05, 3.63) is 54.0 Å². The van der Waals surface area contributed by atoms with Crippen molar-refractivity contribution in [2.45, 2.75) is 38.3 Å². The zero-order valence-electron chi connectivity index (χ0n) is 14.5. The Morgan fingerprint density at radius 1 is 1.28 bits per heavy atom. The van der Waals surface area contributed by atoms with Crippen LogP contribution in [0.15, 0.2) is 47.1 Å². The first-order valence-corrected chi connectivity index (χ1v) is 9.02. The number of nitrogens with zero attached hydrogens (tertiary/aromatic N) is 1. The third-order valence-corrected chi connectivity index (χ3v) is 5.04. The maximum absolute atomic E-state index is 12.8. The maximum atomic E-state index is 12.8. The van der Waals surface area contributed by atoms with Crippen molar-refractivity contribution >= 4 is 6.03 Å². The molecule has 4 rings (SSSR count). The van der Waals surface area contributed by atoms with Gasteiger partial charge in [-0.15, -0.1) is 0 Å². The lowest BCUT2D eigenvalue weighted by Crippen LogP contribution is -2.45. The number of fused-ring (bicyclic) bond motifs is 1. The third-order valence-electron chi connectivity index (χ3n) is 5.04. The summed E-state index contributed by atoms with van der Waals surface area (Å²) in [6.07, 6.45) is 4.73.